The Morgan fingerprint density at radius 3 is 2.42 bits per heavy atom. The van der Waals surface area contributed by atoms with Crippen molar-refractivity contribution in [3.8, 4) is 0 Å². The van der Waals surface area contributed by atoms with E-state index in [4.69, 9.17) is 0 Å². The molecule has 216 valence electrons. The van der Waals surface area contributed by atoms with Gasteiger partial charge in [-0.05, 0) is 62.4 Å². The molecule has 1 aliphatic carbocycles. The van der Waals surface area contributed by atoms with Crippen LogP contribution in [0.15, 0.2) is 41.7 Å². The molecule has 1 aromatic heterocycles. The van der Waals surface area contributed by atoms with Gasteiger partial charge in [-0.15, -0.1) is 0 Å². The quantitative estimate of drug-likeness (QED) is 0.243. The molecule has 0 atom stereocenters. The molecule has 1 amide bonds. The Hall–Kier alpha value is -3.02. The number of piperidine rings is 1. The summed E-state index contributed by atoms with van der Waals surface area (Å²) in [4.78, 5) is 39.4. The zero-order chi connectivity index (χ0) is 28.1. The summed E-state index contributed by atoms with van der Waals surface area (Å²) < 4.78 is 2.11. The first-order valence-corrected chi connectivity index (χ1v) is 14.9. The van der Waals surface area contributed by atoms with Crippen LogP contribution in [0.25, 0.3) is 0 Å². The zero-order valence-corrected chi connectivity index (χ0v) is 24.3. The number of nitrogens with one attached hydrogen (secondary N) is 3. The fraction of sp³-hybridized carbons (Fsp3) is 0.552. The van der Waals surface area contributed by atoms with Crippen molar-refractivity contribution >= 4 is 41.7 Å². The predicted octanol–water partition coefficient (Wildman–Crippen LogP) is 3.10. The normalized spacial score (nSPS) is 18.9. The lowest BCUT2D eigenvalue weighted by molar-refractivity contribution is -0.126. The van der Waals surface area contributed by atoms with Gasteiger partial charge in [-0.25, -0.2) is 4.98 Å². The molecule has 11 heteroatoms. The highest BCUT2D eigenvalue weighted by Crippen LogP contribution is 2.27. The summed E-state index contributed by atoms with van der Waals surface area (Å²) in [5.74, 6) is 0.828. The first kappa shape index (κ1) is 28.5. The number of thiol groups is 1. The Morgan fingerprint density at radius 1 is 1.10 bits per heavy atom. The van der Waals surface area contributed by atoms with E-state index in [1.807, 2.05) is 24.0 Å². The van der Waals surface area contributed by atoms with E-state index in [0.717, 1.165) is 63.5 Å². The molecule has 2 aromatic rings. The third-order valence-corrected chi connectivity index (χ3v) is 8.60. The van der Waals surface area contributed by atoms with Gasteiger partial charge in [0.2, 0.25) is 5.91 Å². The van der Waals surface area contributed by atoms with E-state index in [1.54, 1.807) is 0 Å². The summed E-state index contributed by atoms with van der Waals surface area (Å²) in [6, 6.07) is 9.19. The fourth-order valence-corrected chi connectivity index (χ4v) is 5.88. The van der Waals surface area contributed by atoms with Crippen LogP contribution in [0.2, 0.25) is 0 Å². The third kappa shape index (κ3) is 7.00. The van der Waals surface area contributed by atoms with Crippen LogP contribution in [0.1, 0.15) is 38.3 Å². The van der Waals surface area contributed by atoms with Crippen molar-refractivity contribution in [3.05, 3.63) is 53.0 Å². The van der Waals surface area contributed by atoms with E-state index in [9.17, 15) is 9.59 Å². The summed E-state index contributed by atoms with van der Waals surface area (Å²) in [6.07, 6.45) is 6.43. The second-order valence-electron chi connectivity index (χ2n) is 10.9. The molecule has 2 aliphatic heterocycles. The van der Waals surface area contributed by atoms with Crippen LogP contribution in [0.4, 0.5) is 23.0 Å². The minimum atomic E-state index is -0.256. The number of nitrogens with zero attached hydrogens (tertiary/aromatic N) is 5. The number of aromatic amines is 1. The molecular weight excluding hydrogens is 524 g/mol. The molecule has 5 rings (SSSR count). The van der Waals surface area contributed by atoms with Crippen molar-refractivity contribution < 1.29 is 4.79 Å². The van der Waals surface area contributed by atoms with Crippen LogP contribution in [-0.4, -0.2) is 94.4 Å². The molecular formula is C29H42N8O2S. The zero-order valence-electron chi connectivity index (χ0n) is 23.4. The van der Waals surface area contributed by atoms with Gasteiger partial charge in [0.25, 0.3) is 5.56 Å². The number of aryl methyl sites for hydroxylation is 1. The molecule has 3 heterocycles. The van der Waals surface area contributed by atoms with Gasteiger partial charge in [-0.3, -0.25) is 18.8 Å². The predicted molar refractivity (Wildman–Crippen MR) is 165 cm³/mol. The Kier molecular flexibility index (Phi) is 9.33. The average Bonchev–Trinajstić information content (AvgIpc) is 3.82. The number of carbonyl (C=O) groups excluding carboxylic acids is 1. The second kappa shape index (κ2) is 13.1. The molecule has 2 saturated heterocycles. The smallest absolute Gasteiger partial charge is 0.291 e. The molecule has 3 N–H and O–H groups in total. The minimum Gasteiger partial charge on any atom is -0.371 e. The Balaban J connectivity index is 1.17. The summed E-state index contributed by atoms with van der Waals surface area (Å²) in [6.45, 7) is 13.1. The maximum Gasteiger partial charge on any atom is 0.291 e. The monoisotopic (exact) mass is 566 g/mol. The van der Waals surface area contributed by atoms with Crippen LogP contribution in [-0.2, 0) is 11.2 Å². The molecule has 1 aromatic carbocycles. The molecule has 3 fully saturated rings. The Labute approximate surface area is 242 Å². The van der Waals surface area contributed by atoms with Crippen LogP contribution in [0, 0.1) is 0 Å². The summed E-state index contributed by atoms with van der Waals surface area (Å²) in [5, 5.41) is 6.52. The van der Waals surface area contributed by atoms with Crippen molar-refractivity contribution in [2.75, 3.05) is 67.9 Å². The third-order valence-electron chi connectivity index (χ3n) is 8.20. The van der Waals surface area contributed by atoms with Gasteiger partial charge in [0, 0.05) is 75.8 Å². The number of hydrogen-bond donors (Lipinski definition) is 4. The minimum absolute atomic E-state index is 0.0445. The van der Waals surface area contributed by atoms with E-state index < -0.39 is 0 Å². The van der Waals surface area contributed by atoms with Crippen molar-refractivity contribution in [1.82, 2.24) is 24.1 Å². The number of rotatable bonds is 11. The molecule has 0 bridgehead atoms. The number of aromatic nitrogens is 2. The van der Waals surface area contributed by atoms with E-state index >= 15 is 0 Å². The van der Waals surface area contributed by atoms with E-state index in [-0.39, 0.29) is 17.3 Å². The maximum absolute atomic E-state index is 12.8. The lowest BCUT2D eigenvalue weighted by Gasteiger charge is -2.42. The number of carbonyl (C=O) groups is 1. The van der Waals surface area contributed by atoms with E-state index in [1.165, 1.54) is 24.6 Å². The van der Waals surface area contributed by atoms with Crippen LogP contribution >= 0.6 is 12.8 Å². The number of hydrogen-bond acceptors (Lipinski definition) is 9. The number of amides is 1. The first-order chi connectivity index (χ1) is 19.4. The molecule has 40 heavy (non-hydrogen) atoms. The van der Waals surface area contributed by atoms with Crippen molar-refractivity contribution in [3.63, 3.8) is 0 Å². The van der Waals surface area contributed by atoms with Gasteiger partial charge in [-0.1, -0.05) is 26.3 Å². The van der Waals surface area contributed by atoms with Gasteiger partial charge in [0.1, 0.15) is 5.82 Å². The van der Waals surface area contributed by atoms with Crippen LogP contribution in [0.5, 0.6) is 0 Å². The lowest BCUT2D eigenvalue weighted by Crippen LogP contribution is -2.51. The van der Waals surface area contributed by atoms with Gasteiger partial charge >= 0.3 is 0 Å². The molecule has 0 radical (unpaired) electrons. The number of anilines is 4. The second-order valence-corrected chi connectivity index (χ2v) is 11.4. The molecule has 10 nitrogen and oxygen atoms in total. The average molecular weight is 567 g/mol. The highest BCUT2D eigenvalue weighted by Gasteiger charge is 2.31. The Morgan fingerprint density at radius 2 is 1.80 bits per heavy atom. The lowest BCUT2D eigenvalue weighted by atomic mass is 10.0. The van der Waals surface area contributed by atoms with E-state index in [0.29, 0.717) is 37.4 Å². The Bertz CT molecular complexity index is 1220. The van der Waals surface area contributed by atoms with Crippen molar-refractivity contribution in [2.24, 2.45) is 0 Å². The van der Waals surface area contributed by atoms with Gasteiger partial charge in [-0.2, -0.15) is 0 Å². The van der Waals surface area contributed by atoms with Crippen molar-refractivity contribution in [1.29, 1.82) is 0 Å². The summed E-state index contributed by atoms with van der Waals surface area (Å²) >= 11 is 4.48. The summed E-state index contributed by atoms with van der Waals surface area (Å²) in [5.41, 5.74) is 2.50. The van der Waals surface area contributed by atoms with E-state index in [2.05, 4.69) is 66.2 Å². The maximum atomic E-state index is 12.8. The molecule has 0 spiro atoms. The number of piperazine rings is 1. The number of H-pyrrole nitrogens is 1. The standard InChI is InChI=1S/C29H42N8O2S/c1-3-25-27(30-13-16-37(24-9-10-24)26(38)4-2)33-28(29(39)32-25)31-21-5-7-22(8-6-21)34-14-11-23(12-15-34)35-17-19-36(40)20-18-35/h4-8,23-24,40H,2-3,9-20H2,1H3,(H,32,39)(H2,30,31,33). The topological polar surface area (TPSA) is 99.8 Å². The molecule has 0 unspecified atom stereocenters. The van der Waals surface area contributed by atoms with Crippen molar-refractivity contribution in [2.45, 2.75) is 51.1 Å². The summed E-state index contributed by atoms with van der Waals surface area (Å²) in [7, 11) is 0. The van der Waals surface area contributed by atoms with Crippen LogP contribution in [0.3, 0.4) is 0 Å². The largest absolute Gasteiger partial charge is 0.371 e. The first-order valence-electron chi connectivity index (χ1n) is 14.5. The van der Waals surface area contributed by atoms with Gasteiger partial charge in [0.05, 0.1) is 5.69 Å². The van der Waals surface area contributed by atoms with Gasteiger partial charge < -0.3 is 25.4 Å². The fourth-order valence-electron chi connectivity index (χ4n) is 5.70. The van der Waals surface area contributed by atoms with Crippen LogP contribution < -0.4 is 21.1 Å². The molecule has 3 aliphatic rings. The SMILES string of the molecule is C=CC(=O)N(CCNc1nc(Nc2ccc(N3CCC(N4CCN(S)CC4)CC3)cc2)c(=O)[nH]c1CC)C1CC1. The number of benzene rings is 1. The highest BCUT2D eigenvalue weighted by molar-refractivity contribution is 7.77. The van der Waals surface area contributed by atoms with Gasteiger partial charge in [0.15, 0.2) is 5.82 Å². The molecule has 1 saturated carbocycles. The highest BCUT2D eigenvalue weighted by atomic mass is 32.1.